The summed E-state index contributed by atoms with van der Waals surface area (Å²) in [5.74, 6) is -0.140. The number of aromatic nitrogens is 1. The van der Waals surface area contributed by atoms with Crippen molar-refractivity contribution in [3.8, 4) is 11.1 Å². The van der Waals surface area contributed by atoms with E-state index in [1.54, 1.807) is 0 Å². The number of halogens is 1. The number of hydrogen-bond acceptors (Lipinski definition) is 5. The lowest BCUT2D eigenvalue weighted by Crippen LogP contribution is -2.28. The molecule has 0 unspecified atom stereocenters. The summed E-state index contributed by atoms with van der Waals surface area (Å²) < 4.78 is 6.08. The molecule has 0 aliphatic carbocycles. The minimum absolute atomic E-state index is 0.00895. The van der Waals surface area contributed by atoms with Crippen LogP contribution in [0.5, 0.6) is 0 Å². The van der Waals surface area contributed by atoms with Crippen LogP contribution < -0.4 is 11.1 Å². The summed E-state index contributed by atoms with van der Waals surface area (Å²) in [6.07, 6.45) is 1.28. The van der Waals surface area contributed by atoms with E-state index >= 15 is 0 Å². The van der Waals surface area contributed by atoms with Gasteiger partial charge in [0.1, 0.15) is 17.1 Å². The first-order chi connectivity index (χ1) is 14.0. The maximum absolute atomic E-state index is 12.8. The Labute approximate surface area is 174 Å². The highest BCUT2D eigenvalue weighted by molar-refractivity contribution is 9.10. The first-order valence-corrected chi connectivity index (χ1v) is 9.48. The largest absolute Gasteiger partial charge is 0.526 e. The highest BCUT2D eigenvalue weighted by atomic mass is 79.9. The number of fused-ring (bicyclic) bond motifs is 1. The van der Waals surface area contributed by atoms with Gasteiger partial charge in [0.25, 0.3) is 5.91 Å². The molecule has 0 saturated heterocycles. The van der Waals surface area contributed by atoms with E-state index in [1.165, 1.54) is 18.3 Å². The van der Waals surface area contributed by atoms with Gasteiger partial charge < -0.3 is 19.4 Å². The Hall–Kier alpha value is -3.14. The molecule has 9 heteroatoms. The first kappa shape index (κ1) is 19.2. The number of nitrogens with zero attached hydrogens (tertiary/aromatic N) is 1. The van der Waals surface area contributed by atoms with E-state index in [1.807, 2.05) is 48.5 Å². The maximum Gasteiger partial charge on any atom is 0.526 e. The molecule has 4 rings (SSSR count). The monoisotopic (exact) mass is 451 g/mol. The Morgan fingerprint density at radius 2 is 1.93 bits per heavy atom. The third-order valence-corrected chi connectivity index (χ3v) is 4.80. The zero-order valence-electron chi connectivity index (χ0n) is 15.0. The molecule has 2 aromatic heterocycles. The lowest BCUT2D eigenvalue weighted by atomic mass is 9.88. The van der Waals surface area contributed by atoms with E-state index in [2.05, 4.69) is 31.4 Å². The van der Waals surface area contributed by atoms with Crippen LogP contribution in [0.2, 0.25) is 0 Å². The smallest absolute Gasteiger partial charge is 0.464 e. The lowest BCUT2D eigenvalue weighted by molar-refractivity contribution is 0.0951. The number of hydrazone groups is 1. The number of amides is 1. The van der Waals surface area contributed by atoms with Gasteiger partial charge in [-0.3, -0.25) is 4.79 Å². The van der Waals surface area contributed by atoms with Crippen LogP contribution in [0.15, 0.2) is 74.7 Å². The Morgan fingerprint density at radius 1 is 1.14 bits per heavy atom. The predicted molar refractivity (Wildman–Crippen MR) is 115 cm³/mol. The van der Waals surface area contributed by atoms with Crippen molar-refractivity contribution >= 4 is 51.7 Å². The molecule has 1 amide bonds. The summed E-state index contributed by atoms with van der Waals surface area (Å²) in [5.41, 5.74) is 5.35. The normalized spacial score (nSPS) is 11.3. The quantitative estimate of drug-likeness (QED) is 0.212. The summed E-state index contributed by atoms with van der Waals surface area (Å²) >= 11 is 3.48. The summed E-state index contributed by atoms with van der Waals surface area (Å²) in [6, 6.07) is 18.3. The van der Waals surface area contributed by atoms with Gasteiger partial charge in [0.2, 0.25) is 0 Å². The van der Waals surface area contributed by atoms with Crippen molar-refractivity contribution < 1.29 is 19.3 Å². The van der Waals surface area contributed by atoms with E-state index in [0.29, 0.717) is 5.69 Å². The van der Waals surface area contributed by atoms with Crippen molar-refractivity contribution in [2.45, 2.75) is 0 Å². The topological polar surface area (TPSA) is 111 Å². The van der Waals surface area contributed by atoms with Gasteiger partial charge in [-0.05, 0) is 35.9 Å². The van der Waals surface area contributed by atoms with Gasteiger partial charge in [0.15, 0.2) is 0 Å². The molecule has 0 bridgehead atoms. The Morgan fingerprint density at radius 3 is 2.66 bits per heavy atom. The van der Waals surface area contributed by atoms with Gasteiger partial charge in [0.05, 0.1) is 6.21 Å². The zero-order valence-corrected chi connectivity index (χ0v) is 16.6. The number of carbonyl (C=O) groups excluding carboxylic acids is 1. The number of furan rings is 1. The Bertz CT molecular complexity index is 1200. The van der Waals surface area contributed by atoms with Gasteiger partial charge >= 0.3 is 7.12 Å². The molecule has 0 aliphatic heterocycles. The molecule has 144 valence electrons. The molecule has 2 aromatic carbocycles. The fourth-order valence-electron chi connectivity index (χ4n) is 3.03. The Balaban J connectivity index is 1.65. The molecule has 7 nitrogen and oxygen atoms in total. The fraction of sp³-hybridized carbons (Fsp3) is 0. The van der Waals surface area contributed by atoms with E-state index < -0.39 is 13.0 Å². The van der Waals surface area contributed by atoms with Crippen molar-refractivity contribution in [2.75, 3.05) is 0 Å². The molecular formula is C20H15BBrN3O4. The molecule has 0 spiro atoms. The van der Waals surface area contributed by atoms with Crippen LogP contribution in [0.1, 0.15) is 16.2 Å². The second kappa shape index (κ2) is 8.08. The van der Waals surface area contributed by atoms with Gasteiger partial charge in [-0.15, -0.1) is 0 Å². The molecule has 0 atom stereocenters. The first-order valence-electron chi connectivity index (χ1n) is 8.69. The molecule has 0 aliphatic rings. The standard InChI is InChI=1S/C20H15BBrN3O4/c22-13-6-8-16-15(10-13)18(12-4-2-1-3-5-12)19(24-16)20(26)25-23-11-14-7-9-17(29-14)21(27)28/h1-11,24,27-28H,(H,25,26)/b23-11+. The Kier molecular flexibility index (Phi) is 5.35. The van der Waals surface area contributed by atoms with Crippen LogP contribution in [0.25, 0.3) is 22.0 Å². The predicted octanol–water partition coefficient (Wildman–Crippen LogP) is 2.63. The summed E-state index contributed by atoms with van der Waals surface area (Å²) in [6.45, 7) is 0. The highest BCUT2D eigenvalue weighted by Crippen LogP contribution is 2.34. The maximum atomic E-state index is 12.8. The molecule has 4 N–H and O–H groups in total. The van der Waals surface area contributed by atoms with Crippen LogP contribution in [0, 0.1) is 0 Å². The highest BCUT2D eigenvalue weighted by Gasteiger charge is 2.19. The fourth-order valence-corrected chi connectivity index (χ4v) is 3.39. The van der Waals surface area contributed by atoms with Crippen LogP contribution in [0.4, 0.5) is 0 Å². The number of H-pyrrole nitrogens is 1. The number of benzene rings is 2. The van der Waals surface area contributed by atoms with Crippen molar-refractivity contribution in [3.63, 3.8) is 0 Å². The van der Waals surface area contributed by atoms with Gasteiger partial charge in [-0.25, -0.2) is 5.43 Å². The number of hydrogen-bond donors (Lipinski definition) is 4. The van der Waals surface area contributed by atoms with E-state index in [9.17, 15) is 4.79 Å². The molecule has 0 radical (unpaired) electrons. The van der Waals surface area contributed by atoms with Gasteiger partial charge in [-0.2, -0.15) is 5.10 Å². The van der Waals surface area contributed by atoms with Gasteiger partial charge in [-0.1, -0.05) is 46.3 Å². The summed E-state index contributed by atoms with van der Waals surface area (Å²) in [5, 5.41) is 22.9. The molecule has 2 heterocycles. The minimum atomic E-state index is -1.70. The van der Waals surface area contributed by atoms with Crippen molar-refractivity contribution in [3.05, 3.63) is 76.6 Å². The molecule has 4 aromatic rings. The summed E-state index contributed by atoms with van der Waals surface area (Å²) in [4.78, 5) is 16.0. The number of carbonyl (C=O) groups is 1. The van der Waals surface area contributed by atoms with Crippen molar-refractivity contribution in [2.24, 2.45) is 5.10 Å². The van der Waals surface area contributed by atoms with Crippen molar-refractivity contribution in [1.29, 1.82) is 0 Å². The second-order valence-electron chi connectivity index (χ2n) is 6.24. The minimum Gasteiger partial charge on any atom is -0.464 e. The zero-order chi connectivity index (χ0) is 20.4. The van der Waals surface area contributed by atoms with Crippen LogP contribution in [0.3, 0.4) is 0 Å². The molecule has 0 fully saturated rings. The molecular weight excluding hydrogens is 437 g/mol. The van der Waals surface area contributed by atoms with Crippen molar-refractivity contribution in [1.82, 2.24) is 10.4 Å². The number of aromatic amines is 1. The SMILES string of the molecule is O=C(N/N=C/c1ccc(B(O)O)o1)c1[nH]c2ccc(Br)cc2c1-c1ccccc1. The number of nitrogens with one attached hydrogen (secondary N) is 2. The molecule has 29 heavy (non-hydrogen) atoms. The number of rotatable bonds is 5. The molecule has 0 saturated carbocycles. The van der Waals surface area contributed by atoms with Crippen LogP contribution in [-0.4, -0.2) is 34.3 Å². The van der Waals surface area contributed by atoms with E-state index in [0.717, 1.165) is 26.5 Å². The second-order valence-corrected chi connectivity index (χ2v) is 7.16. The van der Waals surface area contributed by atoms with Gasteiger partial charge in [0, 0.05) is 20.9 Å². The third kappa shape index (κ3) is 4.02. The van der Waals surface area contributed by atoms with Crippen LogP contribution in [-0.2, 0) is 0 Å². The van der Waals surface area contributed by atoms with Crippen LogP contribution >= 0.6 is 15.9 Å². The van der Waals surface area contributed by atoms with E-state index in [-0.39, 0.29) is 11.4 Å². The van der Waals surface area contributed by atoms with E-state index in [4.69, 9.17) is 14.5 Å². The lowest BCUT2D eigenvalue weighted by Gasteiger charge is -2.04. The average molecular weight is 452 g/mol. The third-order valence-electron chi connectivity index (χ3n) is 4.31. The summed E-state index contributed by atoms with van der Waals surface area (Å²) in [7, 11) is -1.70. The average Bonchev–Trinajstić information content (AvgIpc) is 3.33.